The Balaban J connectivity index is 1.93. The van der Waals surface area contributed by atoms with Crippen molar-refractivity contribution in [1.82, 2.24) is 9.97 Å². The van der Waals surface area contributed by atoms with Gasteiger partial charge in [-0.15, -0.1) is 0 Å². The number of anilines is 2. The molecule has 112 valence electrons. The quantitative estimate of drug-likeness (QED) is 0.747. The van der Waals surface area contributed by atoms with Crippen molar-refractivity contribution in [3.63, 3.8) is 0 Å². The number of rotatable bonds is 6. The second-order valence-corrected chi connectivity index (χ2v) is 5.31. The summed E-state index contributed by atoms with van der Waals surface area (Å²) in [5, 5.41) is 15.9. The highest BCUT2D eigenvalue weighted by Gasteiger charge is 2.23. The van der Waals surface area contributed by atoms with E-state index in [4.69, 9.17) is 0 Å². The van der Waals surface area contributed by atoms with Crippen molar-refractivity contribution in [3.05, 3.63) is 12.0 Å². The first-order chi connectivity index (χ1) is 9.70. The Labute approximate surface area is 119 Å². The molecule has 2 rings (SSSR count). The molecule has 6 heteroatoms. The summed E-state index contributed by atoms with van der Waals surface area (Å²) in [5.41, 5.74) is 0. The Kier molecular flexibility index (Phi) is 5.52. The molecule has 1 saturated carbocycles. The molecule has 0 aliphatic heterocycles. The predicted octanol–water partition coefficient (Wildman–Crippen LogP) is 2.40. The summed E-state index contributed by atoms with van der Waals surface area (Å²) < 4.78 is 13.7. The van der Waals surface area contributed by atoms with Gasteiger partial charge in [0.1, 0.15) is 0 Å². The van der Waals surface area contributed by atoms with Gasteiger partial charge in [-0.05, 0) is 19.3 Å². The summed E-state index contributed by atoms with van der Waals surface area (Å²) in [4.78, 5) is 8.03. The maximum atomic E-state index is 13.7. The largest absolute Gasteiger partial charge is 0.393 e. The van der Waals surface area contributed by atoms with Crippen LogP contribution in [-0.2, 0) is 0 Å². The number of hydrogen-bond acceptors (Lipinski definition) is 5. The molecule has 1 aromatic heterocycles. The van der Waals surface area contributed by atoms with Crippen molar-refractivity contribution < 1.29 is 9.50 Å². The standard InChI is InChI=1S/C14H23FN4O/c1-2-7-16-14-18-9-11(15)13(19-14)17-8-10-5-3-4-6-12(10)20/h9-10,12,20H,2-8H2,1H3,(H2,16,17,18,19). The fraction of sp³-hybridized carbons (Fsp3) is 0.714. The summed E-state index contributed by atoms with van der Waals surface area (Å²) in [6.45, 7) is 3.34. The van der Waals surface area contributed by atoms with E-state index in [2.05, 4.69) is 20.6 Å². The van der Waals surface area contributed by atoms with Gasteiger partial charge in [-0.1, -0.05) is 19.8 Å². The van der Waals surface area contributed by atoms with Crippen LogP contribution in [0.15, 0.2) is 6.20 Å². The van der Waals surface area contributed by atoms with Gasteiger partial charge in [0.25, 0.3) is 0 Å². The molecule has 0 radical (unpaired) electrons. The molecule has 0 spiro atoms. The Morgan fingerprint density at radius 1 is 1.35 bits per heavy atom. The monoisotopic (exact) mass is 282 g/mol. The van der Waals surface area contributed by atoms with E-state index in [0.29, 0.717) is 12.5 Å². The maximum Gasteiger partial charge on any atom is 0.224 e. The van der Waals surface area contributed by atoms with Crippen LogP contribution in [-0.4, -0.2) is 34.3 Å². The fourth-order valence-electron chi connectivity index (χ4n) is 2.47. The average Bonchev–Trinajstić information content (AvgIpc) is 2.46. The van der Waals surface area contributed by atoms with E-state index in [1.165, 1.54) is 6.20 Å². The smallest absolute Gasteiger partial charge is 0.224 e. The zero-order valence-corrected chi connectivity index (χ0v) is 11.9. The average molecular weight is 282 g/mol. The van der Waals surface area contributed by atoms with Crippen molar-refractivity contribution >= 4 is 11.8 Å². The molecule has 0 saturated heterocycles. The van der Waals surface area contributed by atoms with Gasteiger partial charge < -0.3 is 15.7 Å². The molecule has 0 bridgehead atoms. The van der Waals surface area contributed by atoms with Gasteiger partial charge in [0.2, 0.25) is 5.95 Å². The van der Waals surface area contributed by atoms with Crippen LogP contribution in [0.3, 0.4) is 0 Å². The number of aromatic nitrogens is 2. The van der Waals surface area contributed by atoms with Crippen molar-refractivity contribution in [2.45, 2.75) is 45.1 Å². The molecular formula is C14H23FN4O. The van der Waals surface area contributed by atoms with E-state index >= 15 is 0 Å². The van der Waals surface area contributed by atoms with Crippen molar-refractivity contribution in [1.29, 1.82) is 0 Å². The highest BCUT2D eigenvalue weighted by Crippen LogP contribution is 2.25. The summed E-state index contributed by atoms with van der Waals surface area (Å²) in [5.74, 6) is 0.346. The van der Waals surface area contributed by atoms with E-state index in [-0.39, 0.29) is 17.8 Å². The lowest BCUT2D eigenvalue weighted by Crippen LogP contribution is -2.30. The summed E-state index contributed by atoms with van der Waals surface area (Å²) in [7, 11) is 0. The normalized spacial score (nSPS) is 22.6. The molecule has 1 fully saturated rings. The third kappa shape index (κ3) is 4.03. The molecule has 20 heavy (non-hydrogen) atoms. The number of nitrogens with one attached hydrogen (secondary N) is 2. The SMILES string of the molecule is CCCNc1ncc(F)c(NCC2CCCCC2O)n1. The molecule has 2 unspecified atom stereocenters. The molecule has 1 heterocycles. The van der Waals surface area contributed by atoms with Gasteiger partial charge in [-0.25, -0.2) is 9.37 Å². The van der Waals surface area contributed by atoms with E-state index in [9.17, 15) is 9.50 Å². The van der Waals surface area contributed by atoms with Crippen molar-refractivity contribution in [2.75, 3.05) is 23.7 Å². The fourth-order valence-corrected chi connectivity index (χ4v) is 2.47. The van der Waals surface area contributed by atoms with E-state index in [0.717, 1.165) is 38.6 Å². The number of aliphatic hydroxyl groups is 1. The second kappa shape index (κ2) is 7.38. The Morgan fingerprint density at radius 2 is 2.15 bits per heavy atom. The lowest BCUT2D eigenvalue weighted by atomic mass is 9.86. The van der Waals surface area contributed by atoms with Crippen LogP contribution in [0.5, 0.6) is 0 Å². The maximum absolute atomic E-state index is 13.7. The minimum absolute atomic E-state index is 0.171. The number of nitrogens with zero attached hydrogens (tertiary/aromatic N) is 2. The summed E-state index contributed by atoms with van der Waals surface area (Å²) >= 11 is 0. The Hall–Kier alpha value is -1.43. The highest BCUT2D eigenvalue weighted by molar-refractivity contribution is 5.41. The zero-order valence-electron chi connectivity index (χ0n) is 11.9. The number of hydrogen-bond donors (Lipinski definition) is 3. The number of aliphatic hydroxyl groups excluding tert-OH is 1. The van der Waals surface area contributed by atoms with Gasteiger partial charge in [0.15, 0.2) is 11.6 Å². The molecule has 2 atom stereocenters. The van der Waals surface area contributed by atoms with E-state index in [1.54, 1.807) is 0 Å². The molecule has 1 aliphatic rings. The lowest BCUT2D eigenvalue weighted by Gasteiger charge is -2.27. The van der Waals surface area contributed by atoms with Crippen LogP contribution in [0.1, 0.15) is 39.0 Å². The lowest BCUT2D eigenvalue weighted by molar-refractivity contribution is 0.0762. The molecule has 0 amide bonds. The third-order valence-corrected chi connectivity index (χ3v) is 3.68. The molecule has 1 aromatic rings. The van der Waals surface area contributed by atoms with Crippen LogP contribution in [0, 0.1) is 11.7 Å². The molecular weight excluding hydrogens is 259 g/mol. The van der Waals surface area contributed by atoms with Gasteiger partial charge in [0.05, 0.1) is 12.3 Å². The number of halogens is 1. The van der Waals surface area contributed by atoms with Gasteiger partial charge in [0, 0.05) is 19.0 Å². The summed E-state index contributed by atoms with van der Waals surface area (Å²) in [6.07, 6.45) is 5.84. The third-order valence-electron chi connectivity index (χ3n) is 3.68. The molecule has 5 nitrogen and oxygen atoms in total. The van der Waals surface area contributed by atoms with Crippen LogP contribution in [0.2, 0.25) is 0 Å². The van der Waals surface area contributed by atoms with Crippen molar-refractivity contribution in [2.24, 2.45) is 5.92 Å². The van der Waals surface area contributed by atoms with Crippen LogP contribution in [0.25, 0.3) is 0 Å². The van der Waals surface area contributed by atoms with E-state index in [1.807, 2.05) is 6.92 Å². The minimum Gasteiger partial charge on any atom is -0.393 e. The topological polar surface area (TPSA) is 70.1 Å². The first-order valence-electron chi connectivity index (χ1n) is 7.39. The first-order valence-corrected chi connectivity index (χ1v) is 7.39. The zero-order chi connectivity index (χ0) is 14.4. The minimum atomic E-state index is -0.461. The van der Waals surface area contributed by atoms with E-state index < -0.39 is 5.82 Å². The van der Waals surface area contributed by atoms with Gasteiger partial charge in [-0.2, -0.15) is 4.98 Å². The van der Waals surface area contributed by atoms with Gasteiger partial charge in [-0.3, -0.25) is 0 Å². The predicted molar refractivity (Wildman–Crippen MR) is 77.2 cm³/mol. The van der Waals surface area contributed by atoms with Crippen LogP contribution in [0.4, 0.5) is 16.2 Å². The molecule has 0 aromatic carbocycles. The molecule has 1 aliphatic carbocycles. The second-order valence-electron chi connectivity index (χ2n) is 5.31. The van der Waals surface area contributed by atoms with Crippen LogP contribution >= 0.6 is 0 Å². The summed E-state index contributed by atoms with van der Waals surface area (Å²) in [6, 6.07) is 0. The Morgan fingerprint density at radius 3 is 2.90 bits per heavy atom. The Bertz CT molecular complexity index is 430. The highest BCUT2D eigenvalue weighted by atomic mass is 19.1. The van der Waals surface area contributed by atoms with Crippen LogP contribution < -0.4 is 10.6 Å². The van der Waals surface area contributed by atoms with Crippen molar-refractivity contribution in [3.8, 4) is 0 Å². The van der Waals surface area contributed by atoms with Gasteiger partial charge >= 0.3 is 0 Å². The first kappa shape index (κ1) is 15.0. The molecule has 3 N–H and O–H groups in total.